The molecule has 23 heavy (non-hydrogen) atoms. The maximum Gasteiger partial charge on any atom is 0.223 e. The summed E-state index contributed by atoms with van der Waals surface area (Å²) in [5.41, 5.74) is 0.240. The van der Waals surface area contributed by atoms with Gasteiger partial charge in [-0.05, 0) is 88.9 Å². The highest BCUT2D eigenvalue weighted by Crippen LogP contribution is 2.58. The minimum absolute atomic E-state index is 0.240. The predicted octanol–water partition coefficient (Wildman–Crippen LogP) is 4.01. The third kappa shape index (κ3) is 2.83. The van der Waals surface area contributed by atoms with E-state index in [1.807, 2.05) is 0 Å². The predicted molar refractivity (Wildman–Crippen MR) is 91.0 cm³/mol. The highest BCUT2D eigenvalue weighted by molar-refractivity contribution is 5.77. The van der Waals surface area contributed by atoms with E-state index in [1.165, 1.54) is 38.5 Å². The first kappa shape index (κ1) is 15.9. The van der Waals surface area contributed by atoms with E-state index in [2.05, 4.69) is 18.7 Å². The molecule has 5 fully saturated rings. The molecule has 0 radical (unpaired) electrons. The lowest BCUT2D eigenvalue weighted by molar-refractivity contribution is -0.153. The lowest BCUT2D eigenvalue weighted by Crippen LogP contribution is -2.61. The van der Waals surface area contributed by atoms with Gasteiger partial charge in [-0.15, -0.1) is 0 Å². The van der Waals surface area contributed by atoms with E-state index in [0.717, 1.165) is 50.2 Å². The second-order valence-corrected chi connectivity index (χ2v) is 8.90. The van der Waals surface area contributed by atoms with Gasteiger partial charge >= 0.3 is 0 Å². The molecule has 5 rings (SSSR count). The summed E-state index contributed by atoms with van der Waals surface area (Å²) in [6.07, 6.45) is 11.6. The van der Waals surface area contributed by atoms with Crippen LogP contribution in [0.25, 0.3) is 0 Å². The highest BCUT2D eigenvalue weighted by Gasteiger charge is 2.54. The maximum absolute atomic E-state index is 13.0. The summed E-state index contributed by atoms with van der Waals surface area (Å²) in [6.45, 7) is 5.97. The molecule has 4 bridgehead atoms. The molecule has 5 aliphatic carbocycles. The van der Waals surface area contributed by atoms with E-state index in [9.17, 15) is 4.79 Å². The van der Waals surface area contributed by atoms with Crippen LogP contribution in [0.5, 0.6) is 0 Å². The zero-order valence-electron chi connectivity index (χ0n) is 14.9. The van der Waals surface area contributed by atoms with E-state index in [0.29, 0.717) is 17.9 Å². The van der Waals surface area contributed by atoms with Crippen LogP contribution in [0.3, 0.4) is 0 Å². The molecule has 3 nitrogen and oxygen atoms in total. The minimum atomic E-state index is 0.240. The van der Waals surface area contributed by atoms with Crippen molar-refractivity contribution in [3.05, 3.63) is 0 Å². The Labute approximate surface area is 141 Å². The lowest BCUT2D eigenvalue weighted by atomic mass is 9.52. The van der Waals surface area contributed by atoms with Crippen LogP contribution in [0, 0.1) is 23.7 Å². The van der Waals surface area contributed by atoms with Crippen LogP contribution in [-0.2, 0) is 9.53 Å². The van der Waals surface area contributed by atoms with Gasteiger partial charge in [-0.1, -0.05) is 0 Å². The quantitative estimate of drug-likeness (QED) is 0.740. The topological polar surface area (TPSA) is 29.5 Å². The van der Waals surface area contributed by atoms with E-state index >= 15 is 0 Å². The number of carbonyl (C=O) groups is 1. The normalized spacial score (nSPS) is 44.2. The fourth-order valence-corrected chi connectivity index (χ4v) is 6.74. The van der Waals surface area contributed by atoms with Crippen molar-refractivity contribution in [3.63, 3.8) is 0 Å². The summed E-state index contributed by atoms with van der Waals surface area (Å²) < 4.78 is 5.65. The van der Waals surface area contributed by atoms with E-state index < -0.39 is 0 Å². The molecule has 0 heterocycles. The number of amides is 1. The Balaban J connectivity index is 1.39. The molecule has 130 valence electrons. The van der Waals surface area contributed by atoms with Crippen molar-refractivity contribution >= 4 is 5.91 Å². The molecule has 5 aliphatic rings. The number of rotatable bonds is 6. The average Bonchev–Trinajstić information content (AvgIpc) is 2.44. The Morgan fingerprint density at radius 1 is 1.00 bits per heavy atom. The Hall–Kier alpha value is -0.570. The molecule has 5 saturated carbocycles. The molecule has 0 N–H and O–H groups in total. The first-order valence-electron chi connectivity index (χ1n) is 10.0. The van der Waals surface area contributed by atoms with Gasteiger partial charge < -0.3 is 9.64 Å². The average molecular weight is 319 g/mol. The van der Waals surface area contributed by atoms with Crippen molar-refractivity contribution < 1.29 is 9.53 Å². The van der Waals surface area contributed by atoms with Crippen molar-refractivity contribution in [2.45, 2.75) is 83.3 Å². The van der Waals surface area contributed by atoms with Crippen LogP contribution in [0.4, 0.5) is 0 Å². The number of ether oxygens (including phenoxy) is 1. The molecule has 0 unspecified atom stereocenters. The molecular formula is C20H33NO2. The highest BCUT2D eigenvalue weighted by atomic mass is 16.5. The summed E-state index contributed by atoms with van der Waals surface area (Å²) >= 11 is 0. The number of hydrogen-bond donors (Lipinski definition) is 0. The maximum atomic E-state index is 13.0. The van der Waals surface area contributed by atoms with Crippen LogP contribution in [0.2, 0.25) is 0 Å². The smallest absolute Gasteiger partial charge is 0.223 e. The van der Waals surface area contributed by atoms with Crippen LogP contribution in [0.15, 0.2) is 0 Å². The van der Waals surface area contributed by atoms with Gasteiger partial charge in [0.2, 0.25) is 5.91 Å². The summed E-state index contributed by atoms with van der Waals surface area (Å²) in [4.78, 5) is 15.4. The second-order valence-electron chi connectivity index (χ2n) is 8.90. The molecule has 3 heteroatoms. The van der Waals surface area contributed by atoms with Gasteiger partial charge in [0.1, 0.15) is 0 Å². The van der Waals surface area contributed by atoms with Crippen molar-refractivity contribution in [2.75, 3.05) is 13.2 Å². The Bertz CT molecular complexity index is 419. The van der Waals surface area contributed by atoms with Crippen molar-refractivity contribution in [3.8, 4) is 0 Å². The molecule has 0 spiro atoms. The van der Waals surface area contributed by atoms with Gasteiger partial charge in [0.15, 0.2) is 0 Å². The van der Waals surface area contributed by atoms with Crippen LogP contribution in [-0.4, -0.2) is 35.6 Å². The van der Waals surface area contributed by atoms with Gasteiger partial charge in [-0.3, -0.25) is 4.79 Å². The Morgan fingerprint density at radius 3 is 2.04 bits per heavy atom. The van der Waals surface area contributed by atoms with E-state index in [1.54, 1.807) is 0 Å². The molecule has 0 aromatic rings. The second kappa shape index (κ2) is 6.06. The molecule has 0 aliphatic heterocycles. The number of hydrogen-bond acceptors (Lipinski definition) is 2. The first-order valence-corrected chi connectivity index (χ1v) is 10.0. The summed E-state index contributed by atoms with van der Waals surface area (Å²) in [6, 6.07) is 0. The first-order chi connectivity index (χ1) is 11.1. The Morgan fingerprint density at radius 2 is 1.57 bits per heavy atom. The fourth-order valence-electron chi connectivity index (χ4n) is 6.74. The molecule has 0 aromatic heterocycles. The zero-order valence-corrected chi connectivity index (χ0v) is 14.9. The van der Waals surface area contributed by atoms with Crippen LogP contribution in [0.1, 0.15) is 71.6 Å². The van der Waals surface area contributed by atoms with Gasteiger partial charge in [0.05, 0.1) is 6.10 Å². The third-order valence-electron chi connectivity index (χ3n) is 7.25. The van der Waals surface area contributed by atoms with E-state index in [-0.39, 0.29) is 5.54 Å². The van der Waals surface area contributed by atoms with Crippen LogP contribution >= 0.6 is 0 Å². The molecule has 0 saturated heterocycles. The van der Waals surface area contributed by atoms with Crippen molar-refractivity contribution in [2.24, 2.45) is 23.7 Å². The SMILES string of the molecule is CCOC1CC(CC(=O)N(CC)C23CC4CC(CC(C4)C2)C3)C1. The molecule has 0 atom stereocenters. The number of carbonyl (C=O) groups excluding carboxylic acids is 1. The van der Waals surface area contributed by atoms with Gasteiger partial charge in [-0.2, -0.15) is 0 Å². The Kier molecular flexibility index (Phi) is 4.19. The largest absolute Gasteiger partial charge is 0.378 e. The van der Waals surface area contributed by atoms with Gasteiger partial charge in [0.25, 0.3) is 0 Å². The zero-order chi connectivity index (χ0) is 16.0. The lowest BCUT2D eigenvalue weighted by Gasteiger charge is -2.60. The third-order valence-corrected chi connectivity index (χ3v) is 7.25. The van der Waals surface area contributed by atoms with Crippen molar-refractivity contribution in [1.29, 1.82) is 0 Å². The monoisotopic (exact) mass is 319 g/mol. The fraction of sp³-hybridized carbons (Fsp3) is 0.950. The van der Waals surface area contributed by atoms with Gasteiger partial charge in [0, 0.05) is 25.1 Å². The summed E-state index contributed by atoms with van der Waals surface area (Å²) in [7, 11) is 0. The number of nitrogens with zero attached hydrogens (tertiary/aromatic N) is 1. The van der Waals surface area contributed by atoms with Crippen molar-refractivity contribution in [1.82, 2.24) is 4.90 Å². The molecular weight excluding hydrogens is 286 g/mol. The van der Waals surface area contributed by atoms with Gasteiger partial charge in [-0.25, -0.2) is 0 Å². The molecule has 0 aromatic carbocycles. The van der Waals surface area contributed by atoms with Crippen LogP contribution < -0.4 is 0 Å². The minimum Gasteiger partial charge on any atom is -0.378 e. The standard InChI is InChI=1S/C20H33NO2/c1-3-21(19(22)10-14-8-18(9-14)23-4-2)20-11-15-5-16(12-20)7-17(6-15)13-20/h14-18H,3-13H2,1-2H3. The summed E-state index contributed by atoms with van der Waals surface area (Å²) in [5, 5.41) is 0. The summed E-state index contributed by atoms with van der Waals surface area (Å²) in [5.74, 6) is 3.74. The van der Waals surface area contributed by atoms with E-state index in [4.69, 9.17) is 4.74 Å². The molecule has 1 amide bonds.